The van der Waals surface area contributed by atoms with Crippen molar-refractivity contribution < 1.29 is 4.79 Å². The van der Waals surface area contributed by atoms with Gasteiger partial charge in [0, 0.05) is 13.1 Å². The number of aromatic nitrogens is 3. The minimum Gasteiger partial charge on any atom is -0.337 e. The topological polar surface area (TPSA) is 63.1 Å². The van der Waals surface area contributed by atoms with E-state index in [-0.39, 0.29) is 18.3 Å². The van der Waals surface area contributed by atoms with E-state index in [2.05, 4.69) is 15.6 Å². The van der Waals surface area contributed by atoms with E-state index in [0.717, 1.165) is 38.8 Å². The largest absolute Gasteiger partial charge is 0.337 e. The van der Waals surface area contributed by atoms with Gasteiger partial charge in [-0.2, -0.15) is 0 Å². The minimum atomic E-state index is 0. The van der Waals surface area contributed by atoms with E-state index in [9.17, 15) is 4.79 Å². The zero-order chi connectivity index (χ0) is 13.9. The van der Waals surface area contributed by atoms with Crippen molar-refractivity contribution in [1.82, 2.24) is 25.2 Å². The average Bonchev–Trinajstić information content (AvgIpc) is 3.18. The summed E-state index contributed by atoms with van der Waals surface area (Å²) in [6.45, 7) is 2.02. The van der Waals surface area contributed by atoms with Crippen molar-refractivity contribution in [2.45, 2.75) is 50.6 Å². The zero-order valence-electron chi connectivity index (χ0n) is 12.5. The molecule has 0 aromatic carbocycles. The van der Waals surface area contributed by atoms with Crippen LogP contribution in [0.4, 0.5) is 0 Å². The summed E-state index contributed by atoms with van der Waals surface area (Å²) in [5.74, 6) is 0.0112. The highest BCUT2D eigenvalue weighted by Crippen LogP contribution is 2.23. The van der Waals surface area contributed by atoms with E-state index in [1.54, 1.807) is 0 Å². The first-order chi connectivity index (χ1) is 9.75. The van der Waals surface area contributed by atoms with Crippen LogP contribution in [0.25, 0.3) is 0 Å². The van der Waals surface area contributed by atoms with Crippen LogP contribution >= 0.6 is 12.4 Å². The summed E-state index contributed by atoms with van der Waals surface area (Å²) in [5.41, 5.74) is 0.484. The maximum absolute atomic E-state index is 12.4. The SMILES string of the molecule is CN(C(=O)c1cn(C2CCNCC2)nn1)C1CCCC1.Cl. The van der Waals surface area contributed by atoms with Crippen LogP contribution in [0.1, 0.15) is 55.1 Å². The Balaban J connectivity index is 0.00000161. The molecule has 2 fully saturated rings. The third-order valence-corrected chi connectivity index (χ3v) is 4.60. The Bertz CT molecular complexity index is 466. The van der Waals surface area contributed by atoms with Gasteiger partial charge in [0.15, 0.2) is 5.69 Å². The van der Waals surface area contributed by atoms with Crippen LogP contribution in [-0.2, 0) is 0 Å². The number of carbonyl (C=O) groups excluding carboxylic acids is 1. The highest BCUT2D eigenvalue weighted by atomic mass is 35.5. The summed E-state index contributed by atoms with van der Waals surface area (Å²) in [6, 6.07) is 0.758. The quantitative estimate of drug-likeness (QED) is 0.921. The van der Waals surface area contributed by atoms with Gasteiger partial charge in [0.2, 0.25) is 0 Å². The van der Waals surface area contributed by atoms with Crippen LogP contribution in [0.2, 0.25) is 0 Å². The molecule has 1 aliphatic heterocycles. The average molecular weight is 314 g/mol. The number of hydrogen-bond donors (Lipinski definition) is 1. The van der Waals surface area contributed by atoms with Crippen molar-refractivity contribution >= 4 is 18.3 Å². The minimum absolute atomic E-state index is 0. The van der Waals surface area contributed by atoms with Crippen molar-refractivity contribution in [3.63, 3.8) is 0 Å². The summed E-state index contributed by atoms with van der Waals surface area (Å²) >= 11 is 0. The summed E-state index contributed by atoms with van der Waals surface area (Å²) in [6.07, 6.45) is 8.61. The monoisotopic (exact) mass is 313 g/mol. The Labute approximate surface area is 131 Å². The molecule has 1 saturated carbocycles. The highest BCUT2D eigenvalue weighted by molar-refractivity contribution is 5.92. The van der Waals surface area contributed by atoms with E-state index in [1.807, 2.05) is 22.8 Å². The number of piperidine rings is 1. The zero-order valence-corrected chi connectivity index (χ0v) is 13.3. The number of carbonyl (C=O) groups is 1. The highest BCUT2D eigenvalue weighted by Gasteiger charge is 2.26. The lowest BCUT2D eigenvalue weighted by atomic mass is 10.1. The van der Waals surface area contributed by atoms with Crippen LogP contribution in [0.15, 0.2) is 6.20 Å². The van der Waals surface area contributed by atoms with Crippen molar-refractivity contribution in [2.24, 2.45) is 0 Å². The van der Waals surface area contributed by atoms with Crippen molar-refractivity contribution in [2.75, 3.05) is 20.1 Å². The van der Waals surface area contributed by atoms with E-state index in [1.165, 1.54) is 12.8 Å². The molecule has 1 N–H and O–H groups in total. The Morgan fingerprint density at radius 2 is 1.95 bits per heavy atom. The molecule has 0 bridgehead atoms. The number of hydrogen-bond acceptors (Lipinski definition) is 4. The van der Waals surface area contributed by atoms with Gasteiger partial charge >= 0.3 is 0 Å². The number of nitrogens with zero attached hydrogens (tertiary/aromatic N) is 4. The lowest BCUT2D eigenvalue weighted by Gasteiger charge is -2.23. The smallest absolute Gasteiger partial charge is 0.276 e. The fraction of sp³-hybridized carbons (Fsp3) is 0.786. The molecule has 21 heavy (non-hydrogen) atoms. The summed E-state index contributed by atoms with van der Waals surface area (Å²) < 4.78 is 1.87. The second-order valence-electron chi connectivity index (χ2n) is 5.92. The molecule has 0 spiro atoms. The number of halogens is 1. The van der Waals surface area contributed by atoms with Gasteiger partial charge in [-0.1, -0.05) is 18.1 Å². The summed E-state index contributed by atoms with van der Waals surface area (Å²) in [7, 11) is 1.89. The predicted molar refractivity (Wildman–Crippen MR) is 82.8 cm³/mol. The molecule has 1 aliphatic carbocycles. The van der Waals surface area contributed by atoms with E-state index in [4.69, 9.17) is 0 Å². The number of amides is 1. The number of nitrogens with one attached hydrogen (secondary N) is 1. The van der Waals surface area contributed by atoms with E-state index < -0.39 is 0 Å². The van der Waals surface area contributed by atoms with Gasteiger partial charge in [-0.05, 0) is 38.8 Å². The van der Waals surface area contributed by atoms with E-state index >= 15 is 0 Å². The number of rotatable bonds is 3. The third kappa shape index (κ3) is 3.55. The summed E-state index contributed by atoms with van der Waals surface area (Å²) in [5, 5.41) is 11.6. The Kier molecular flexibility index (Phi) is 5.58. The lowest BCUT2D eigenvalue weighted by Crippen LogP contribution is -2.35. The van der Waals surface area contributed by atoms with Crippen LogP contribution in [-0.4, -0.2) is 52.0 Å². The maximum Gasteiger partial charge on any atom is 0.276 e. The van der Waals surface area contributed by atoms with Crippen molar-refractivity contribution in [3.05, 3.63) is 11.9 Å². The van der Waals surface area contributed by atoms with Crippen molar-refractivity contribution in [1.29, 1.82) is 0 Å². The van der Waals surface area contributed by atoms with Crippen LogP contribution in [0, 0.1) is 0 Å². The molecule has 1 aromatic heterocycles. The van der Waals surface area contributed by atoms with Gasteiger partial charge in [-0.15, -0.1) is 17.5 Å². The third-order valence-electron chi connectivity index (χ3n) is 4.60. The molecule has 0 atom stereocenters. The molecule has 7 heteroatoms. The van der Waals surface area contributed by atoms with Crippen LogP contribution in [0.5, 0.6) is 0 Å². The first kappa shape index (κ1) is 16.2. The van der Waals surface area contributed by atoms with Gasteiger partial charge < -0.3 is 10.2 Å². The van der Waals surface area contributed by atoms with Gasteiger partial charge in [0.05, 0.1) is 12.2 Å². The first-order valence-electron chi connectivity index (χ1n) is 7.65. The second kappa shape index (κ2) is 7.22. The van der Waals surface area contributed by atoms with Crippen molar-refractivity contribution in [3.8, 4) is 0 Å². The van der Waals surface area contributed by atoms with Crippen LogP contribution < -0.4 is 5.32 Å². The molecule has 1 saturated heterocycles. The van der Waals surface area contributed by atoms with Gasteiger partial charge in [0.25, 0.3) is 5.91 Å². The Morgan fingerprint density at radius 1 is 1.29 bits per heavy atom. The fourth-order valence-electron chi connectivity index (χ4n) is 3.26. The summed E-state index contributed by atoms with van der Waals surface area (Å²) in [4.78, 5) is 14.3. The van der Waals surface area contributed by atoms with Gasteiger partial charge in [-0.3, -0.25) is 4.79 Å². The molecule has 1 aromatic rings. The molecule has 0 unspecified atom stereocenters. The standard InChI is InChI=1S/C14H23N5O.ClH/c1-18(11-4-2-3-5-11)14(20)13-10-19(17-16-13)12-6-8-15-9-7-12;/h10-12,15H,2-9H2,1H3;1H. The van der Waals surface area contributed by atoms with Crippen LogP contribution in [0.3, 0.4) is 0 Å². The molecular formula is C14H24ClN5O. The molecule has 3 rings (SSSR count). The molecule has 118 valence electrons. The predicted octanol–water partition coefficient (Wildman–Crippen LogP) is 1.64. The Morgan fingerprint density at radius 3 is 2.62 bits per heavy atom. The fourth-order valence-corrected chi connectivity index (χ4v) is 3.26. The molecular weight excluding hydrogens is 290 g/mol. The van der Waals surface area contributed by atoms with E-state index in [0.29, 0.717) is 17.8 Å². The molecule has 2 heterocycles. The Hall–Kier alpha value is -1.14. The van der Waals surface area contributed by atoms with Gasteiger partial charge in [-0.25, -0.2) is 4.68 Å². The normalized spacial score (nSPS) is 20.2. The molecule has 0 radical (unpaired) electrons. The first-order valence-corrected chi connectivity index (χ1v) is 7.65. The maximum atomic E-state index is 12.4. The molecule has 2 aliphatic rings. The molecule has 1 amide bonds. The lowest BCUT2D eigenvalue weighted by molar-refractivity contribution is 0.0729. The molecule has 6 nitrogen and oxygen atoms in total. The van der Waals surface area contributed by atoms with Gasteiger partial charge in [0.1, 0.15) is 0 Å². The second-order valence-corrected chi connectivity index (χ2v) is 5.92.